The van der Waals surface area contributed by atoms with Gasteiger partial charge in [-0.2, -0.15) is 0 Å². The van der Waals surface area contributed by atoms with Crippen molar-refractivity contribution in [3.8, 4) is 0 Å². The van der Waals surface area contributed by atoms with Crippen LogP contribution in [0.1, 0.15) is 16.2 Å². The first-order chi connectivity index (χ1) is 5.57. The SMILES string of the molecule is C=Nc1c(C)[nH]c(C(=O)O)c1Br. The summed E-state index contributed by atoms with van der Waals surface area (Å²) in [6.07, 6.45) is 0. The molecule has 0 unspecified atom stereocenters. The number of nitrogens with one attached hydrogen (secondary N) is 1. The van der Waals surface area contributed by atoms with Crippen LogP contribution >= 0.6 is 15.9 Å². The van der Waals surface area contributed by atoms with E-state index in [0.717, 1.165) is 0 Å². The van der Waals surface area contributed by atoms with Crippen LogP contribution in [-0.4, -0.2) is 22.8 Å². The molecule has 0 aromatic carbocycles. The molecular formula is C7H7BrN2O2. The molecule has 0 saturated heterocycles. The minimum Gasteiger partial charge on any atom is -0.477 e. The number of aromatic nitrogens is 1. The van der Waals surface area contributed by atoms with Gasteiger partial charge in [-0.05, 0) is 29.6 Å². The fourth-order valence-electron chi connectivity index (χ4n) is 0.920. The molecule has 0 aliphatic rings. The number of halogens is 1. The quantitative estimate of drug-likeness (QED) is 0.765. The second-order valence-corrected chi connectivity index (χ2v) is 3.04. The van der Waals surface area contributed by atoms with Crippen LogP contribution in [0.3, 0.4) is 0 Å². The summed E-state index contributed by atoms with van der Waals surface area (Å²) in [5.41, 5.74) is 1.34. The van der Waals surface area contributed by atoms with Crippen molar-refractivity contribution in [2.45, 2.75) is 6.92 Å². The number of aliphatic imine (C=N–C) groups is 1. The Morgan fingerprint density at radius 2 is 2.33 bits per heavy atom. The van der Waals surface area contributed by atoms with Crippen molar-refractivity contribution in [3.63, 3.8) is 0 Å². The lowest BCUT2D eigenvalue weighted by Gasteiger charge is -1.89. The van der Waals surface area contributed by atoms with Crippen LogP contribution < -0.4 is 0 Å². The van der Waals surface area contributed by atoms with Gasteiger partial charge in [0.25, 0.3) is 0 Å². The van der Waals surface area contributed by atoms with Crippen LogP contribution in [-0.2, 0) is 0 Å². The highest BCUT2D eigenvalue weighted by atomic mass is 79.9. The van der Waals surface area contributed by atoms with Crippen LogP contribution in [0.25, 0.3) is 0 Å². The zero-order chi connectivity index (χ0) is 9.30. The number of carbonyl (C=O) groups is 1. The van der Waals surface area contributed by atoms with Crippen molar-refractivity contribution in [1.82, 2.24) is 4.98 Å². The fraction of sp³-hybridized carbons (Fsp3) is 0.143. The van der Waals surface area contributed by atoms with E-state index in [1.54, 1.807) is 6.92 Å². The standard InChI is InChI=1S/C7H7BrN2O2/c1-3-5(9-2)4(8)6(10-3)7(11)12/h10H,2H2,1H3,(H,11,12). The smallest absolute Gasteiger partial charge is 0.353 e. The number of rotatable bonds is 2. The molecule has 2 N–H and O–H groups in total. The van der Waals surface area contributed by atoms with E-state index in [1.165, 1.54) is 0 Å². The Labute approximate surface area is 77.5 Å². The summed E-state index contributed by atoms with van der Waals surface area (Å²) in [6, 6.07) is 0. The van der Waals surface area contributed by atoms with E-state index in [1.807, 2.05) is 0 Å². The summed E-state index contributed by atoms with van der Waals surface area (Å²) in [7, 11) is 0. The predicted molar refractivity (Wildman–Crippen MR) is 49.4 cm³/mol. The highest BCUT2D eigenvalue weighted by Crippen LogP contribution is 2.31. The van der Waals surface area contributed by atoms with E-state index < -0.39 is 5.97 Å². The highest BCUT2D eigenvalue weighted by Gasteiger charge is 2.16. The molecule has 0 atom stereocenters. The first kappa shape index (κ1) is 8.99. The Hall–Kier alpha value is -1.10. The van der Waals surface area contributed by atoms with Gasteiger partial charge < -0.3 is 10.1 Å². The van der Waals surface area contributed by atoms with Crippen molar-refractivity contribution >= 4 is 34.3 Å². The van der Waals surface area contributed by atoms with Crippen molar-refractivity contribution < 1.29 is 9.90 Å². The normalized spacial score (nSPS) is 9.83. The average Bonchev–Trinajstić information content (AvgIpc) is 2.27. The van der Waals surface area contributed by atoms with Gasteiger partial charge in [-0.3, -0.25) is 4.99 Å². The molecule has 0 amide bonds. The Morgan fingerprint density at radius 3 is 2.58 bits per heavy atom. The zero-order valence-corrected chi connectivity index (χ0v) is 7.97. The van der Waals surface area contributed by atoms with Crippen LogP contribution in [0.5, 0.6) is 0 Å². The topological polar surface area (TPSA) is 65.5 Å². The molecule has 12 heavy (non-hydrogen) atoms. The van der Waals surface area contributed by atoms with Gasteiger partial charge in [0.15, 0.2) is 0 Å². The molecule has 1 aromatic heterocycles. The van der Waals surface area contributed by atoms with Gasteiger partial charge in [0.1, 0.15) is 5.69 Å². The van der Waals surface area contributed by atoms with Crippen molar-refractivity contribution in [2.24, 2.45) is 4.99 Å². The maximum absolute atomic E-state index is 10.6. The van der Waals surface area contributed by atoms with E-state index in [-0.39, 0.29) is 5.69 Å². The number of hydrogen-bond acceptors (Lipinski definition) is 2. The summed E-state index contributed by atoms with van der Waals surface area (Å²) in [5, 5.41) is 8.68. The van der Waals surface area contributed by atoms with Crippen LogP contribution in [0.15, 0.2) is 9.47 Å². The lowest BCUT2D eigenvalue weighted by Crippen LogP contribution is -1.96. The number of H-pyrrole nitrogens is 1. The first-order valence-corrected chi connectivity index (χ1v) is 3.95. The molecule has 0 spiro atoms. The van der Waals surface area contributed by atoms with E-state index in [9.17, 15) is 4.79 Å². The summed E-state index contributed by atoms with van der Waals surface area (Å²) in [4.78, 5) is 16.9. The molecule has 64 valence electrons. The Morgan fingerprint density at radius 1 is 1.75 bits per heavy atom. The molecule has 0 bridgehead atoms. The third-order valence-electron chi connectivity index (χ3n) is 1.47. The molecule has 0 radical (unpaired) electrons. The lowest BCUT2D eigenvalue weighted by atomic mass is 10.4. The van der Waals surface area contributed by atoms with Gasteiger partial charge >= 0.3 is 5.97 Å². The maximum Gasteiger partial charge on any atom is 0.353 e. The molecule has 0 aliphatic heterocycles. The van der Waals surface area contributed by atoms with Gasteiger partial charge in [-0.25, -0.2) is 4.79 Å². The number of carboxylic acid groups (broad SMARTS) is 1. The predicted octanol–water partition coefficient (Wildman–Crippen LogP) is 2.12. The van der Waals surface area contributed by atoms with Gasteiger partial charge in [-0.15, -0.1) is 0 Å². The van der Waals surface area contributed by atoms with Crippen LogP contribution in [0.2, 0.25) is 0 Å². The molecular weight excluding hydrogens is 224 g/mol. The van der Waals surface area contributed by atoms with E-state index in [4.69, 9.17) is 5.11 Å². The molecule has 5 heteroatoms. The molecule has 1 aromatic rings. The van der Waals surface area contributed by atoms with Gasteiger partial charge in [0.2, 0.25) is 0 Å². The third kappa shape index (κ3) is 1.27. The number of aromatic carboxylic acids is 1. The highest BCUT2D eigenvalue weighted by molar-refractivity contribution is 9.10. The molecule has 4 nitrogen and oxygen atoms in total. The maximum atomic E-state index is 10.6. The minimum absolute atomic E-state index is 0.106. The van der Waals surface area contributed by atoms with E-state index in [2.05, 4.69) is 32.6 Å². The molecule has 0 fully saturated rings. The summed E-state index contributed by atoms with van der Waals surface area (Å²) in [6.45, 7) is 5.07. The molecule has 0 aliphatic carbocycles. The van der Waals surface area contributed by atoms with Gasteiger partial charge in [-0.1, -0.05) is 0 Å². The summed E-state index contributed by atoms with van der Waals surface area (Å²) < 4.78 is 0.447. The zero-order valence-electron chi connectivity index (χ0n) is 6.39. The molecule has 0 saturated carbocycles. The lowest BCUT2D eigenvalue weighted by molar-refractivity contribution is 0.0690. The van der Waals surface area contributed by atoms with Gasteiger partial charge in [0.05, 0.1) is 10.2 Å². The number of nitrogens with zero attached hydrogens (tertiary/aromatic N) is 1. The second kappa shape index (κ2) is 3.10. The number of aromatic amines is 1. The number of aryl methyl sites for hydroxylation is 1. The Balaban J connectivity index is 3.35. The van der Waals surface area contributed by atoms with Crippen molar-refractivity contribution in [1.29, 1.82) is 0 Å². The fourth-order valence-corrected chi connectivity index (χ4v) is 1.61. The Bertz CT molecular complexity index is 343. The monoisotopic (exact) mass is 230 g/mol. The van der Waals surface area contributed by atoms with Crippen molar-refractivity contribution in [3.05, 3.63) is 15.9 Å². The number of hydrogen-bond donors (Lipinski definition) is 2. The first-order valence-electron chi connectivity index (χ1n) is 3.16. The minimum atomic E-state index is -1.01. The average molecular weight is 231 g/mol. The largest absolute Gasteiger partial charge is 0.477 e. The van der Waals surface area contributed by atoms with Crippen LogP contribution in [0.4, 0.5) is 5.69 Å². The van der Waals surface area contributed by atoms with Crippen molar-refractivity contribution in [2.75, 3.05) is 0 Å². The van der Waals surface area contributed by atoms with E-state index >= 15 is 0 Å². The second-order valence-electron chi connectivity index (χ2n) is 2.25. The third-order valence-corrected chi connectivity index (χ3v) is 2.24. The molecule has 1 rings (SSSR count). The summed E-state index contributed by atoms with van der Waals surface area (Å²) >= 11 is 3.12. The van der Waals surface area contributed by atoms with E-state index in [0.29, 0.717) is 15.9 Å². The molecule has 1 heterocycles. The Kier molecular flexibility index (Phi) is 2.32. The number of carboxylic acids is 1. The van der Waals surface area contributed by atoms with Gasteiger partial charge in [0, 0.05) is 5.69 Å². The van der Waals surface area contributed by atoms with Crippen LogP contribution in [0, 0.1) is 6.92 Å². The summed E-state index contributed by atoms with van der Waals surface area (Å²) in [5.74, 6) is -1.01.